The quantitative estimate of drug-likeness (QED) is 0.567. The maximum absolute atomic E-state index is 5.86. The van der Waals surface area contributed by atoms with Gasteiger partial charge in [-0.3, -0.25) is 0 Å². The summed E-state index contributed by atoms with van der Waals surface area (Å²) in [6.45, 7) is 0.722. The summed E-state index contributed by atoms with van der Waals surface area (Å²) in [5, 5.41) is 3.59. The topological polar surface area (TPSA) is 21.3 Å². The van der Waals surface area contributed by atoms with Gasteiger partial charge in [-0.1, -0.05) is 25.7 Å². The Balaban J connectivity index is 2.24. The Bertz CT molecular complexity index is 135. The third-order valence-electron chi connectivity index (χ3n) is 2.88. The van der Waals surface area contributed by atoms with Crippen molar-refractivity contribution >= 4 is 11.6 Å². The van der Waals surface area contributed by atoms with Crippen molar-refractivity contribution in [2.24, 2.45) is 0 Å². The van der Waals surface area contributed by atoms with Crippen LogP contribution in [-0.4, -0.2) is 31.7 Å². The van der Waals surface area contributed by atoms with Gasteiger partial charge in [-0.05, 0) is 12.8 Å². The molecule has 1 rings (SSSR count). The summed E-state index contributed by atoms with van der Waals surface area (Å²) in [5.74, 6) is 0.643. The monoisotopic (exact) mass is 219 g/mol. The van der Waals surface area contributed by atoms with E-state index in [0.717, 1.165) is 6.61 Å². The fourth-order valence-corrected chi connectivity index (χ4v) is 2.30. The number of ether oxygens (including phenoxy) is 1. The van der Waals surface area contributed by atoms with Crippen LogP contribution in [0.3, 0.4) is 0 Å². The van der Waals surface area contributed by atoms with Gasteiger partial charge in [0.25, 0.3) is 0 Å². The van der Waals surface area contributed by atoms with Crippen molar-refractivity contribution in [3.63, 3.8) is 0 Å². The zero-order chi connectivity index (χ0) is 10.2. The van der Waals surface area contributed by atoms with Crippen LogP contribution in [0.15, 0.2) is 0 Å². The Labute approximate surface area is 92.3 Å². The normalized spacial score (nSPS) is 21.9. The summed E-state index contributed by atoms with van der Waals surface area (Å²) >= 11 is 5.86. The molecule has 14 heavy (non-hydrogen) atoms. The van der Waals surface area contributed by atoms with Crippen molar-refractivity contribution in [1.29, 1.82) is 0 Å². The maximum Gasteiger partial charge on any atom is 0.0627 e. The lowest BCUT2D eigenvalue weighted by molar-refractivity contribution is 0.166. The summed E-state index contributed by atoms with van der Waals surface area (Å²) in [4.78, 5) is 0. The fourth-order valence-electron chi connectivity index (χ4n) is 2.12. The molecule has 0 amide bonds. The first kappa shape index (κ1) is 12.3. The first-order valence-electron chi connectivity index (χ1n) is 5.67. The van der Waals surface area contributed by atoms with Crippen LogP contribution in [0.1, 0.15) is 38.5 Å². The third-order valence-corrected chi connectivity index (χ3v) is 3.25. The largest absolute Gasteiger partial charge is 0.383 e. The Hall–Kier alpha value is 0.210. The Kier molecular flexibility index (Phi) is 6.57. The minimum Gasteiger partial charge on any atom is -0.383 e. The predicted molar refractivity (Wildman–Crippen MR) is 61.0 cm³/mol. The number of hydrogen-bond donors (Lipinski definition) is 1. The molecule has 0 saturated heterocycles. The van der Waals surface area contributed by atoms with Crippen LogP contribution < -0.4 is 5.32 Å². The predicted octanol–water partition coefficient (Wildman–Crippen LogP) is 2.55. The SMILES string of the molecule is COCC(CCl)NC1CCCCCC1. The highest BCUT2D eigenvalue weighted by Crippen LogP contribution is 2.17. The molecule has 1 N–H and O–H groups in total. The first-order chi connectivity index (χ1) is 6.86. The summed E-state index contributed by atoms with van der Waals surface area (Å²) in [5.41, 5.74) is 0. The zero-order valence-electron chi connectivity index (χ0n) is 9.10. The van der Waals surface area contributed by atoms with Gasteiger partial charge in [-0.25, -0.2) is 0 Å². The second kappa shape index (κ2) is 7.49. The Morgan fingerprint density at radius 2 is 1.93 bits per heavy atom. The van der Waals surface area contributed by atoms with Crippen LogP contribution in [0.4, 0.5) is 0 Å². The molecular formula is C11H22ClNO. The smallest absolute Gasteiger partial charge is 0.0627 e. The van der Waals surface area contributed by atoms with E-state index in [0.29, 0.717) is 18.0 Å². The average molecular weight is 220 g/mol. The van der Waals surface area contributed by atoms with Gasteiger partial charge in [-0.15, -0.1) is 11.6 Å². The van der Waals surface area contributed by atoms with Gasteiger partial charge in [0.1, 0.15) is 0 Å². The lowest BCUT2D eigenvalue weighted by Gasteiger charge is -2.22. The molecule has 84 valence electrons. The van der Waals surface area contributed by atoms with Crippen LogP contribution >= 0.6 is 11.6 Å². The molecule has 1 fully saturated rings. The van der Waals surface area contributed by atoms with Crippen LogP contribution in [0.5, 0.6) is 0 Å². The molecule has 0 aromatic heterocycles. The average Bonchev–Trinajstić information content (AvgIpc) is 2.45. The number of nitrogens with one attached hydrogen (secondary N) is 1. The van der Waals surface area contributed by atoms with E-state index < -0.39 is 0 Å². The highest BCUT2D eigenvalue weighted by molar-refractivity contribution is 6.18. The lowest BCUT2D eigenvalue weighted by atomic mass is 10.1. The molecule has 0 bridgehead atoms. The minimum atomic E-state index is 0.324. The van der Waals surface area contributed by atoms with Gasteiger partial charge in [0.2, 0.25) is 0 Å². The molecule has 3 heteroatoms. The molecule has 0 spiro atoms. The second-order valence-electron chi connectivity index (χ2n) is 4.16. The second-order valence-corrected chi connectivity index (χ2v) is 4.47. The van der Waals surface area contributed by atoms with E-state index in [1.807, 2.05) is 0 Å². The van der Waals surface area contributed by atoms with E-state index in [-0.39, 0.29) is 0 Å². The van der Waals surface area contributed by atoms with E-state index in [1.54, 1.807) is 7.11 Å². The van der Waals surface area contributed by atoms with E-state index in [2.05, 4.69) is 5.32 Å². The summed E-state index contributed by atoms with van der Waals surface area (Å²) in [6.07, 6.45) is 8.12. The first-order valence-corrected chi connectivity index (χ1v) is 6.21. The van der Waals surface area contributed by atoms with Crippen LogP contribution in [0.2, 0.25) is 0 Å². The number of rotatable bonds is 5. The number of halogens is 1. The standard InChI is InChI=1S/C11H22ClNO/c1-14-9-11(8-12)13-10-6-4-2-3-5-7-10/h10-11,13H,2-9H2,1H3. The van der Waals surface area contributed by atoms with Crippen molar-refractivity contribution in [1.82, 2.24) is 5.32 Å². The molecule has 1 aliphatic carbocycles. The van der Waals surface area contributed by atoms with Gasteiger partial charge < -0.3 is 10.1 Å². The van der Waals surface area contributed by atoms with E-state index >= 15 is 0 Å². The van der Waals surface area contributed by atoms with Crippen molar-refractivity contribution in [3.8, 4) is 0 Å². The van der Waals surface area contributed by atoms with Crippen molar-refractivity contribution in [3.05, 3.63) is 0 Å². The molecule has 0 radical (unpaired) electrons. The van der Waals surface area contributed by atoms with E-state index in [1.165, 1.54) is 38.5 Å². The molecule has 1 aliphatic rings. The highest BCUT2D eigenvalue weighted by atomic mass is 35.5. The molecule has 0 aromatic carbocycles. The van der Waals surface area contributed by atoms with E-state index in [4.69, 9.17) is 16.3 Å². The Morgan fingerprint density at radius 3 is 2.43 bits per heavy atom. The molecule has 2 nitrogen and oxygen atoms in total. The van der Waals surface area contributed by atoms with Crippen molar-refractivity contribution in [2.45, 2.75) is 50.6 Å². The molecule has 0 heterocycles. The van der Waals surface area contributed by atoms with Gasteiger partial charge in [0.15, 0.2) is 0 Å². The summed E-state index contributed by atoms with van der Waals surface area (Å²) in [7, 11) is 1.73. The molecule has 1 unspecified atom stereocenters. The molecule has 0 aromatic rings. The minimum absolute atomic E-state index is 0.324. The van der Waals surface area contributed by atoms with Crippen molar-refractivity contribution < 1.29 is 4.74 Å². The van der Waals surface area contributed by atoms with Gasteiger partial charge in [-0.2, -0.15) is 0 Å². The highest BCUT2D eigenvalue weighted by Gasteiger charge is 2.16. The maximum atomic E-state index is 5.86. The van der Waals surface area contributed by atoms with Crippen LogP contribution in [0.25, 0.3) is 0 Å². The lowest BCUT2D eigenvalue weighted by Crippen LogP contribution is -2.42. The summed E-state index contributed by atoms with van der Waals surface area (Å²) < 4.78 is 5.12. The molecule has 1 atom stereocenters. The fraction of sp³-hybridized carbons (Fsp3) is 1.00. The zero-order valence-corrected chi connectivity index (χ0v) is 9.85. The van der Waals surface area contributed by atoms with Crippen molar-refractivity contribution in [2.75, 3.05) is 19.6 Å². The Morgan fingerprint density at radius 1 is 1.29 bits per heavy atom. The van der Waals surface area contributed by atoms with Crippen LogP contribution in [0, 0.1) is 0 Å². The van der Waals surface area contributed by atoms with Crippen LogP contribution in [-0.2, 0) is 4.74 Å². The number of methoxy groups -OCH3 is 1. The molecule has 0 aliphatic heterocycles. The van der Waals surface area contributed by atoms with Gasteiger partial charge in [0, 0.05) is 25.1 Å². The number of hydrogen-bond acceptors (Lipinski definition) is 2. The molecule has 1 saturated carbocycles. The van der Waals surface area contributed by atoms with Gasteiger partial charge >= 0.3 is 0 Å². The van der Waals surface area contributed by atoms with Gasteiger partial charge in [0.05, 0.1) is 6.61 Å². The third kappa shape index (κ3) is 4.63. The van der Waals surface area contributed by atoms with E-state index in [9.17, 15) is 0 Å². The summed E-state index contributed by atoms with van der Waals surface area (Å²) in [6, 6.07) is 0.987. The molecular weight excluding hydrogens is 198 g/mol. The number of alkyl halides is 1.